The second kappa shape index (κ2) is 22.7. The van der Waals surface area contributed by atoms with E-state index < -0.39 is 10.0 Å². The van der Waals surface area contributed by atoms with E-state index in [0.29, 0.717) is 0 Å². The smallest absolute Gasteiger partial charge is 0.0584 e. The minimum absolute atomic E-state index is 0.188. The molecule has 3 heteroatoms. The summed E-state index contributed by atoms with van der Waals surface area (Å²) in [7, 11) is -1.30. The van der Waals surface area contributed by atoms with Gasteiger partial charge in [0.2, 0.25) is 0 Å². The molecule has 0 amide bonds. The van der Waals surface area contributed by atoms with Crippen LogP contribution in [0.1, 0.15) is 187 Å². The topological polar surface area (TPSA) is 0 Å². The number of fused-ring (bicyclic) bond motifs is 3. The van der Waals surface area contributed by atoms with E-state index in [9.17, 15) is 0 Å². The van der Waals surface area contributed by atoms with Crippen LogP contribution in [0.5, 0.6) is 0 Å². The first-order chi connectivity index (χ1) is 23.2. The summed E-state index contributed by atoms with van der Waals surface area (Å²) in [6, 6.07) is 15.5. The number of benzene rings is 1. The van der Waals surface area contributed by atoms with Gasteiger partial charge in [-0.3, -0.25) is 0 Å². The van der Waals surface area contributed by atoms with Gasteiger partial charge < -0.3 is 0 Å². The van der Waals surface area contributed by atoms with Gasteiger partial charge in [-0.15, -0.1) is 22.7 Å². The largest absolute Gasteiger partial charge is 0.157 e. The maximum absolute atomic E-state index is 2.69. The van der Waals surface area contributed by atoms with Gasteiger partial charge in [-0.05, 0) is 84.4 Å². The Morgan fingerprint density at radius 2 is 1.08 bits per heavy atom. The van der Waals surface area contributed by atoms with Crippen LogP contribution in [0.3, 0.4) is 0 Å². The van der Waals surface area contributed by atoms with Crippen molar-refractivity contribution in [3.8, 4) is 9.75 Å². The summed E-state index contributed by atoms with van der Waals surface area (Å²) in [6.45, 7) is 24.6. The lowest BCUT2D eigenvalue weighted by atomic mass is 9.95. The molecule has 2 atom stereocenters. The third-order valence-electron chi connectivity index (χ3n) is 9.78. The van der Waals surface area contributed by atoms with Crippen LogP contribution in [-0.2, 0) is 11.8 Å². The van der Waals surface area contributed by atoms with E-state index in [0.717, 1.165) is 5.92 Å². The molecule has 48 heavy (non-hydrogen) atoms. The Bertz CT molecular complexity index is 1250. The fourth-order valence-corrected chi connectivity index (χ4v) is 15.1. The number of aryl methyl sites for hydroxylation is 2. The van der Waals surface area contributed by atoms with Crippen LogP contribution in [0.25, 0.3) is 9.75 Å². The van der Waals surface area contributed by atoms with E-state index in [4.69, 9.17) is 0 Å². The number of thiophene rings is 2. The van der Waals surface area contributed by atoms with Crippen molar-refractivity contribution < 1.29 is 0 Å². The number of hydrogen-bond acceptors (Lipinski definition) is 2. The zero-order valence-corrected chi connectivity index (χ0v) is 35.9. The third kappa shape index (κ3) is 11.8. The molecule has 3 heterocycles. The Balaban J connectivity index is 0.00000193. The van der Waals surface area contributed by atoms with Crippen LogP contribution in [-0.4, -0.2) is 5.75 Å². The molecular weight excluding hydrogens is 637 g/mol. The fraction of sp³-hybridized carbons (Fsp3) is 0.689. The maximum Gasteiger partial charge on any atom is 0.0584 e. The molecule has 3 aromatic rings. The Hall–Kier alpha value is -1.03. The molecule has 274 valence electrons. The highest BCUT2D eigenvalue weighted by Gasteiger charge is 2.45. The van der Waals surface area contributed by atoms with E-state index in [2.05, 4.69) is 108 Å². The minimum Gasteiger partial charge on any atom is -0.157 e. The highest BCUT2D eigenvalue weighted by molar-refractivity contribution is 8.34. The molecule has 0 bridgehead atoms. The second-order valence-electron chi connectivity index (χ2n) is 14.7. The maximum atomic E-state index is 2.69. The van der Waals surface area contributed by atoms with Crippen molar-refractivity contribution in [3.63, 3.8) is 0 Å². The van der Waals surface area contributed by atoms with Gasteiger partial charge in [-0.1, -0.05) is 165 Å². The number of unbranched alkanes of at least 4 members (excludes halogenated alkanes) is 11. The summed E-state index contributed by atoms with van der Waals surface area (Å²) in [4.78, 5) is 11.3. The average Bonchev–Trinajstić information content (AvgIpc) is 3.77. The standard InChI is InChI=1S/C41H64S3.2C2H6/c1-8-11-14-17-18-21-24-34(23-20-16-13-10-3)31-44(35-27-25-33(26-28-35)22-19-15-12-9-2)36-29-32(4)42-39(36)40-37(44)30-38(43-40)41(5,6)7;2*1-2/h25-30,34H,8-24,31H2,1-7H3;2*1-2H3. The number of rotatable bonds is 20. The Labute approximate surface area is 309 Å². The molecule has 1 aliphatic rings. The first-order valence-corrected chi connectivity index (χ1v) is 23.8. The highest BCUT2D eigenvalue weighted by Crippen LogP contribution is 2.79. The molecular formula is C45H76S3. The summed E-state index contributed by atoms with van der Waals surface area (Å²) < 4.78 is 0. The van der Waals surface area contributed by atoms with Crippen molar-refractivity contribution >= 4 is 32.7 Å². The van der Waals surface area contributed by atoms with E-state index in [-0.39, 0.29) is 5.41 Å². The van der Waals surface area contributed by atoms with Crippen molar-refractivity contribution in [2.45, 2.75) is 205 Å². The third-order valence-corrected chi connectivity index (χ3v) is 17.0. The molecule has 2 unspecified atom stereocenters. The summed E-state index contributed by atoms with van der Waals surface area (Å²) in [5.74, 6) is 2.15. The quantitative estimate of drug-likeness (QED) is 0.102. The molecule has 2 aromatic heterocycles. The molecule has 0 saturated carbocycles. The van der Waals surface area contributed by atoms with E-state index in [1.54, 1.807) is 29.3 Å². The van der Waals surface area contributed by atoms with Gasteiger partial charge in [0.1, 0.15) is 0 Å². The lowest BCUT2D eigenvalue weighted by molar-refractivity contribution is 0.438. The van der Waals surface area contributed by atoms with Crippen molar-refractivity contribution in [1.82, 2.24) is 0 Å². The van der Waals surface area contributed by atoms with Crippen LogP contribution in [0.4, 0.5) is 0 Å². The molecule has 1 aliphatic heterocycles. The predicted molar refractivity (Wildman–Crippen MR) is 226 cm³/mol. The summed E-state index contributed by atoms with van der Waals surface area (Å²) in [5, 5.41) is 0. The molecule has 0 spiro atoms. The molecule has 0 N–H and O–H groups in total. The van der Waals surface area contributed by atoms with E-state index in [1.165, 1.54) is 125 Å². The van der Waals surface area contributed by atoms with Crippen LogP contribution < -0.4 is 0 Å². The normalized spacial score (nSPS) is 17.0. The monoisotopic (exact) mass is 713 g/mol. The van der Waals surface area contributed by atoms with Crippen molar-refractivity contribution in [2.75, 3.05) is 5.75 Å². The lowest BCUT2D eigenvalue weighted by Gasteiger charge is -2.41. The van der Waals surface area contributed by atoms with Crippen LogP contribution in [0, 0.1) is 12.8 Å². The van der Waals surface area contributed by atoms with Gasteiger partial charge in [-0.2, -0.15) is 10.0 Å². The van der Waals surface area contributed by atoms with E-state index >= 15 is 0 Å². The van der Waals surface area contributed by atoms with Crippen LogP contribution in [0.15, 0.2) is 51.1 Å². The average molecular weight is 713 g/mol. The Kier molecular flexibility index (Phi) is 20.4. The molecule has 0 aliphatic carbocycles. The van der Waals surface area contributed by atoms with Crippen LogP contribution >= 0.6 is 32.7 Å². The fourth-order valence-electron chi connectivity index (χ4n) is 7.10. The highest BCUT2D eigenvalue weighted by atomic mass is 32.3. The molecule has 0 fully saturated rings. The van der Waals surface area contributed by atoms with Crippen molar-refractivity contribution in [1.29, 1.82) is 0 Å². The van der Waals surface area contributed by atoms with Gasteiger partial charge in [0.25, 0.3) is 0 Å². The van der Waals surface area contributed by atoms with E-state index in [1.807, 2.05) is 27.7 Å². The summed E-state index contributed by atoms with van der Waals surface area (Å²) >= 11 is 4.18. The van der Waals surface area contributed by atoms with Gasteiger partial charge in [0.05, 0.1) is 9.75 Å². The molecule has 0 nitrogen and oxygen atoms in total. The van der Waals surface area contributed by atoms with Gasteiger partial charge >= 0.3 is 0 Å². The SMILES string of the molecule is CC.CC.CCCCCCCCC(CCCCCC)CS1(c2ccc(CCCCCC)cc2)c2cc(C)sc2-c2sc(C(C)(C)C)cc21. The Morgan fingerprint density at radius 1 is 0.604 bits per heavy atom. The first kappa shape index (κ1) is 43.1. The van der Waals surface area contributed by atoms with Crippen molar-refractivity contribution in [2.24, 2.45) is 5.92 Å². The van der Waals surface area contributed by atoms with Gasteiger partial charge in [0, 0.05) is 19.5 Å². The van der Waals surface area contributed by atoms with Gasteiger partial charge in [0.15, 0.2) is 0 Å². The lowest BCUT2D eigenvalue weighted by Crippen LogP contribution is -2.15. The first-order valence-electron chi connectivity index (χ1n) is 20.4. The summed E-state index contributed by atoms with van der Waals surface area (Å²) in [5.41, 5.74) is 1.72. The van der Waals surface area contributed by atoms with Crippen molar-refractivity contribution in [3.05, 3.63) is 51.7 Å². The molecule has 0 radical (unpaired) electrons. The van der Waals surface area contributed by atoms with Crippen LogP contribution in [0.2, 0.25) is 0 Å². The Morgan fingerprint density at radius 3 is 1.65 bits per heavy atom. The predicted octanol–water partition coefficient (Wildman–Crippen LogP) is 17.2. The molecule has 1 aromatic carbocycles. The number of hydrogen-bond donors (Lipinski definition) is 0. The zero-order valence-electron chi connectivity index (χ0n) is 33.5. The molecule has 0 saturated heterocycles. The summed E-state index contributed by atoms with van der Waals surface area (Å²) in [6.07, 6.45) is 23.3. The minimum atomic E-state index is -1.30. The zero-order chi connectivity index (χ0) is 35.6. The molecule has 4 rings (SSSR count). The van der Waals surface area contributed by atoms with Gasteiger partial charge in [-0.25, -0.2) is 0 Å². The second-order valence-corrected chi connectivity index (χ2v) is 20.2.